The summed E-state index contributed by atoms with van der Waals surface area (Å²) in [5.41, 5.74) is -0.666. The summed E-state index contributed by atoms with van der Waals surface area (Å²) in [6, 6.07) is 1.13. The van der Waals surface area contributed by atoms with E-state index in [-0.39, 0.29) is 6.29 Å². The van der Waals surface area contributed by atoms with Crippen molar-refractivity contribution >= 4 is 6.29 Å². The van der Waals surface area contributed by atoms with Gasteiger partial charge >= 0.3 is 6.61 Å². The summed E-state index contributed by atoms with van der Waals surface area (Å²) in [6.07, 6.45) is 0.0107. The van der Waals surface area contributed by atoms with Crippen molar-refractivity contribution in [3.8, 4) is 5.75 Å². The summed E-state index contributed by atoms with van der Waals surface area (Å²) >= 11 is 0. The van der Waals surface area contributed by atoms with Crippen LogP contribution < -0.4 is 4.74 Å². The van der Waals surface area contributed by atoms with E-state index in [1.165, 1.54) is 0 Å². The molecular weight excluding hydrogens is 204 g/mol. The topological polar surface area (TPSA) is 26.3 Å². The van der Waals surface area contributed by atoms with Crippen LogP contribution in [0.5, 0.6) is 5.75 Å². The van der Waals surface area contributed by atoms with Crippen LogP contribution in [0.4, 0.5) is 17.6 Å². The molecule has 2 nitrogen and oxygen atoms in total. The molecule has 1 aromatic rings. The molecule has 0 aliphatic rings. The van der Waals surface area contributed by atoms with Crippen LogP contribution in [-0.2, 0) is 0 Å². The Morgan fingerprint density at radius 2 is 1.93 bits per heavy atom. The molecule has 0 aliphatic heterocycles. The van der Waals surface area contributed by atoms with E-state index in [0.717, 1.165) is 0 Å². The normalized spacial score (nSPS) is 10.4. The molecule has 0 heterocycles. The van der Waals surface area contributed by atoms with E-state index in [1.807, 2.05) is 0 Å². The van der Waals surface area contributed by atoms with E-state index in [9.17, 15) is 22.4 Å². The maximum absolute atomic E-state index is 12.7. The summed E-state index contributed by atoms with van der Waals surface area (Å²) in [4.78, 5) is 10.2. The van der Waals surface area contributed by atoms with Crippen LogP contribution >= 0.6 is 0 Å². The van der Waals surface area contributed by atoms with Crippen LogP contribution in [0.15, 0.2) is 12.1 Å². The number of benzene rings is 1. The Labute approximate surface area is 76.1 Å². The predicted octanol–water partition coefficient (Wildman–Crippen LogP) is 2.38. The molecule has 0 radical (unpaired) electrons. The molecule has 0 spiro atoms. The lowest BCUT2D eigenvalue weighted by Gasteiger charge is -2.05. The quantitative estimate of drug-likeness (QED) is 0.563. The highest BCUT2D eigenvalue weighted by Crippen LogP contribution is 2.20. The van der Waals surface area contributed by atoms with Crippen molar-refractivity contribution in [2.24, 2.45) is 0 Å². The van der Waals surface area contributed by atoms with E-state index < -0.39 is 29.6 Å². The third kappa shape index (κ3) is 2.21. The molecule has 0 bridgehead atoms. The first-order valence-corrected chi connectivity index (χ1v) is 3.43. The fourth-order valence-corrected chi connectivity index (χ4v) is 0.841. The van der Waals surface area contributed by atoms with E-state index in [0.29, 0.717) is 12.1 Å². The van der Waals surface area contributed by atoms with Crippen LogP contribution in [0.3, 0.4) is 0 Å². The van der Waals surface area contributed by atoms with Gasteiger partial charge in [-0.25, -0.2) is 8.78 Å². The average Bonchev–Trinajstić information content (AvgIpc) is 2.10. The number of halogens is 4. The van der Waals surface area contributed by atoms with Crippen LogP contribution in [0.2, 0.25) is 0 Å². The first-order chi connectivity index (χ1) is 6.54. The number of rotatable bonds is 3. The smallest absolute Gasteiger partial charge is 0.387 e. The number of aldehydes is 1. The first kappa shape index (κ1) is 10.5. The van der Waals surface area contributed by atoms with Crippen molar-refractivity contribution in [3.63, 3.8) is 0 Å². The van der Waals surface area contributed by atoms with Crippen molar-refractivity contribution in [1.82, 2.24) is 0 Å². The van der Waals surface area contributed by atoms with Gasteiger partial charge < -0.3 is 4.74 Å². The van der Waals surface area contributed by atoms with Gasteiger partial charge in [-0.15, -0.1) is 0 Å². The lowest BCUT2D eigenvalue weighted by molar-refractivity contribution is -0.0501. The van der Waals surface area contributed by atoms with Gasteiger partial charge in [0.15, 0.2) is 17.9 Å². The molecule has 6 heteroatoms. The lowest BCUT2D eigenvalue weighted by Crippen LogP contribution is -2.04. The van der Waals surface area contributed by atoms with Gasteiger partial charge in [0, 0.05) is 6.07 Å². The van der Waals surface area contributed by atoms with Gasteiger partial charge in [0.05, 0.1) is 5.56 Å². The van der Waals surface area contributed by atoms with Crippen molar-refractivity contribution in [2.45, 2.75) is 6.61 Å². The SMILES string of the molecule is O=Cc1cc(OC(F)F)cc(F)c1F. The lowest BCUT2D eigenvalue weighted by atomic mass is 10.2. The second kappa shape index (κ2) is 4.08. The van der Waals surface area contributed by atoms with Gasteiger partial charge in [-0.1, -0.05) is 0 Å². The zero-order valence-corrected chi connectivity index (χ0v) is 6.64. The van der Waals surface area contributed by atoms with Crippen LogP contribution in [0.25, 0.3) is 0 Å². The Kier molecular flexibility index (Phi) is 3.06. The fraction of sp³-hybridized carbons (Fsp3) is 0.125. The highest BCUT2D eigenvalue weighted by atomic mass is 19.3. The molecule has 0 atom stereocenters. The van der Waals surface area contributed by atoms with Gasteiger partial charge in [-0.3, -0.25) is 4.79 Å². The first-order valence-electron chi connectivity index (χ1n) is 3.43. The fourth-order valence-electron chi connectivity index (χ4n) is 0.841. The van der Waals surface area contributed by atoms with E-state index in [1.54, 1.807) is 0 Å². The molecule has 0 fully saturated rings. The van der Waals surface area contributed by atoms with Gasteiger partial charge in [0.1, 0.15) is 5.75 Å². The van der Waals surface area contributed by atoms with Gasteiger partial charge in [0.2, 0.25) is 0 Å². The maximum Gasteiger partial charge on any atom is 0.387 e. The Hall–Kier alpha value is -1.59. The number of carbonyl (C=O) groups excluding carboxylic acids is 1. The Balaban J connectivity index is 3.09. The summed E-state index contributed by atoms with van der Waals surface area (Å²) < 4.78 is 52.4. The van der Waals surface area contributed by atoms with Gasteiger partial charge in [-0.05, 0) is 6.07 Å². The van der Waals surface area contributed by atoms with E-state index in [2.05, 4.69) is 4.74 Å². The molecule has 0 aliphatic carbocycles. The minimum Gasteiger partial charge on any atom is -0.435 e. The van der Waals surface area contributed by atoms with Crippen LogP contribution in [0.1, 0.15) is 10.4 Å². The molecule has 1 rings (SSSR count). The molecular formula is C8H4F4O2. The highest BCUT2D eigenvalue weighted by molar-refractivity contribution is 5.76. The largest absolute Gasteiger partial charge is 0.435 e. The second-order valence-corrected chi connectivity index (χ2v) is 2.30. The molecule has 0 aromatic heterocycles. The minimum atomic E-state index is -3.15. The van der Waals surface area contributed by atoms with Crippen molar-refractivity contribution in [1.29, 1.82) is 0 Å². The Morgan fingerprint density at radius 3 is 2.43 bits per heavy atom. The van der Waals surface area contributed by atoms with E-state index >= 15 is 0 Å². The summed E-state index contributed by atoms with van der Waals surface area (Å²) in [7, 11) is 0. The molecule has 0 saturated heterocycles. The maximum atomic E-state index is 12.7. The third-order valence-electron chi connectivity index (χ3n) is 1.38. The molecule has 76 valence electrons. The number of alkyl halides is 2. The summed E-state index contributed by atoms with van der Waals surface area (Å²) in [5, 5.41) is 0. The molecule has 0 saturated carbocycles. The van der Waals surface area contributed by atoms with E-state index in [4.69, 9.17) is 0 Å². The zero-order chi connectivity index (χ0) is 10.7. The van der Waals surface area contributed by atoms with Gasteiger partial charge in [0.25, 0.3) is 0 Å². The monoisotopic (exact) mass is 208 g/mol. The Morgan fingerprint density at radius 1 is 1.29 bits per heavy atom. The highest BCUT2D eigenvalue weighted by Gasteiger charge is 2.13. The van der Waals surface area contributed by atoms with Crippen molar-refractivity contribution in [2.75, 3.05) is 0 Å². The van der Waals surface area contributed by atoms with Crippen molar-refractivity contribution < 1.29 is 27.1 Å². The number of ether oxygens (including phenoxy) is 1. The molecule has 0 amide bonds. The average molecular weight is 208 g/mol. The van der Waals surface area contributed by atoms with Gasteiger partial charge in [-0.2, -0.15) is 8.78 Å². The number of hydrogen-bond acceptors (Lipinski definition) is 2. The van der Waals surface area contributed by atoms with Crippen LogP contribution in [0, 0.1) is 11.6 Å². The second-order valence-electron chi connectivity index (χ2n) is 2.30. The zero-order valence-electron chi connectivity index (χ0n) is 6.64. The van der Waals surface area contributed by atoms with Crippen molar-refractivity contribution in [3.05, 3.63) is 29.3 Å². The standard InChI is InChI=1S/C8H4F4O2/c9-6-2-5(14-8(11)12)1-4(3-13)7(6)10/h1-3,8H. The Bertz CT molecular complexity index is 351. The minimum absolute atomic E-state index is 0.0107. The summed E-state index contributed by atoms with van der Waals surface area (Å²) in [5.74, 6) is -3.40. The molecule has 0 unspecified atom stereocenters. The summed E-state index contributed by atoms with van der Waals surface area (Å²) in [6.45, 7) is -3.15. The number of carbonyl (C=O) groups is 1. The molecule has 1 aromatic carbocycles. The molecule has 0 N–H and O–H groups in total. The van der Waals surface area contributed by atoms with Crippen LogP contribution in [-0.4, -0.2) is 12.9 Å². The predicted molar refractivity (Wildman–Crippen MR) is 38.4 cm³/mol. The molecule has 14 heavy (non-hydrogen) atoms. The number of hydrogen-bond donors (Lipinski definition) is 0. The third-order valence-corrected chi connectivity index (χ3v) is 1.38.